The first kappa shape index (κ1) is 17.7. The SMILES string of the molecule is CCS(=O)(=O)c1ccc(NC(=O)c2ccc(NC(C)=O)cc2)cc1. The van der Waals surface area contributed by atoms with Crippen LogP contribution in [0.5, 0.6) is 0 Å². The van der Waals surface area contributed by atoms with Crippen LogP contribution in [-0.2, 0) is 14.6 Å². The zero-order valence-electron chi connectivity index (χ0n) is 13.4. The Bertz CT molecular complexity index is 841. The molecule has 0 saturated heterocycles. The van der Waals surface area contributed by atoms with Gasteiger partial charge in [0, 0.05) is 23.9 Å². The predicted molar refractivity (Wildman–Crippen MR) is 92.9 cm³/mol. The Morgan fingerprint density at radius 3 is 1.88 bits per heavy atom. The third kappa shape index (κ3) is 4.42. The molecule has 6 nitrogen and oxygen atoms in total. The molecule has 0 fully saturated rings. The number of carbonyl (C=O) groups is 2. The molecule has 0 bridgehead atoms. The van der Waals surface area contributed by atoms with Crippen molar-refractivity contribution in [3.8, 4) is 0 Å². The molecule has 0 heterocycles. The average molecular weight is 346 g/mol. The van der Waals surface area contributed by atoms with Gasteiger partial charge in [0.2, 0.25) is 5.91 Å². The molecule has 0 aliphatic carbocycles. The Morgan fingerprint density at radius 2 is 1.38 bits per heavy atom. The smallest absolute Gasteiger partial charge is 0.255 e. The molecular formula is C17H18N2O4S. The summed E-state index contributed by atoms with van der Waals surface area (Å²) in [5.74, 6) is -0.482. The van der Waals surface area contributed by atoms with Crippen LogP contribution in [0.3, 0.4) is 0 Å². The molecule has 0 aliphatic heterocycles. The summed E-state index contributed by atoms with van der Waals surface area (Å²) in [7, 11) is -3.26. The van der Waals surface area contributed by atoms with Crippen molar-refractivity contribution in [2.75, 3.05) is 16.4 Å². The van der Waals surface area contributed by atoms with Crippen LogP contribution in [0.4, 0.5) is 11.4 Å². The van der Waals surface area contributed by atoms with Crippen molar-refractivity contribution in [3.05, 3.63) is 54.1 Å². The van der Waals surface area contributed by atoms with Gasteiger partial charge < -0.3 is 10.6 Å². The van der Waals surface area contributed by atoms with Crippen LogP contribution in [0.1, 0.15) is 24.2 Å². The number of sulfone groups is 1. The van der Waals surface area contributed by atoms with Gasteiger partial charge in [-0.2, -0.15) is 0 Å². The summed E-state index contributed by atoms with van der Waals surface area (Å²) in [6, 6.07) is 12.5. The first-order valence-corrected chi connectivity index (χ1v) is 8.99. The van der Waals surface area contributed by atoms with Gasteiger partial charge in [0.25, 0.3) is 5.91 Å². The first-order valence-electron chi connectivity index (χ1n) is 7.33. The number of amides is 2. The molecule has 2 rings (SSSR count). The molecule has 24 heavy (non-hydrogen) atoms. The van der Waals surface area contributed by atoms with Gasteiger partial charge in [-0.1, -0.05) is 6.92 Å². The van der Waals surface area contributed by atoms with Crippen molar-refractivity contribution in [2.45, 2.75) is 18.7 Å². The first-order chi connectivity index (χ1) is 11.3. The Hall–Kier alpha value is -2.67. The minimum atomic E-state index is -3.26. The number of anilines is 2. The maximum atomic E-state index is 12.2. The highest BCUT2D eigenvalue weighted by molar-refractivity contribution is 7.91. The quantitative estimate of drug-likeness (QED) is 0.870. The molecule has 0 saturated carbocycles. The van der Waals surface area contributed by atoms with Crippen molar-refractivity contribution in [2.24, 2.45) is 0 Å². The number of carbonyl (C=O) groups excluding carboxylic acids is 2. The van der Waals surface area contributed by atoms with Crippen LogP contribution >= 0.6 is 0 Å². The Labute approximate surface area is 140 Å². The summed E-state index contributed by atoms with van der Waals surface area (Å²) < 4.78 is 23.5. The summed E-state index contributed by atoms with van der Waals surface area (Å²) in [5, 5.41) is 5.31. The third-order valence-corrected chi connectivity index (χ3v) is 5.07. The van der Waals surface area contributed by atoms with E-state index in [0.29, 0.717) is 16.9 Å². The molecule has 7 heteroatoms. The Kier molecular flexibility index (Phi) is 5.35. The van der Waals surface area contributed by atoms with Crippen LogP contribution < -0.4 is 10.6 Å². The summed E-state index contributed by atoms with van der Waals surface area (Å²) in [6.45, 7) is 2.98. The van der Waals surface area contributed by atoms with E-state index in [2.05, 4.69) is 10.6 Å². The van der Waals surface area contributed by atoms with E-state index in [1.807, 2.05) is 0 Å². The van der Waals surface area contributed by atoms with E-state index >= 15 is 0 Å². The van der Waals surface area contributed by atoms with Crippen LogP contribution in [0, 0.1) is 0 Å². The number of benzene rings is 2. The van der Waals surface area contributed by atoms with Crippen molar-refractivity contribution < 1.29 is 18.0 Å². The van der Waals surface area contributed by atoms with Gasteiger partial charge in [0.05, 0.1) is 10.6 Å². The van der Waals surface area contributed by atoms with Crippen molar-refractivity contribution in [1.82, 2.24) is 0 Å². The predicted octanol–water partition coefficient (Wildman–Crippen LogP) is 2.69. The van der Waals surface area contributed by atoms with E-state index in [1.165, 1.54) is 19.1 Å². The lowest BCUT2D eigenvalue weighted by Crippen LogP contribution is -2.12. The van der Waals surface area contributed by atoms with Crippen molar-refractivity contribution in [1.29, 1.82) is 0 Å². The molecule has 0 radical (unpaired) electrons. The van der Waals surface area contributed by atoms with E-state index in [4.69, 9.17) is 0 Å². The summed E-state index contributed by atoms with van der Waals surface area (Å²) >= 11 is 0. The van der Waals surface area contributed by atoms with Gasteiger partial charge >= 0.3 is 0 Å². The highest BCUT2D eigenvalue weighted by Gasteiger charge is 2.12. The second-order valence-corrected chi connectivity index (χ2v) is 7.42. The van der Waals surface area contributed by atoms with E-state index in [1.54, 1.807) is 43.3 Å². The van der Waals surface area contributed by atoms with Crippen molar-refractivity contribution >= 4 is 33.0 Å². The lowest BCUT2D eigenvalue weighted by molar-refractivity contribution is -0.114. The molecule has 2 aromatic carbocycles. The summed E-state index contributed by atoms with van der Waals surface area (Å²) in [4.78, 5) is 23.4. The molecule has 0 atom stereocenters. The number of nitrogens with one attached hydrogen (secondary N) is 2. The van der Waals surface area contributed by atoms with E-state index in [-0.39, 0.29) is 22.5 Å². The number of hydrogen-bond acceptors (Lipinski definition) is 4. The minimum absolute atomic E-state index is 0.0271. The van der Waals surface area contributed by atoms with Gasteiger partial charge in [-0.3, -0.25) is 9.59 Å². The zero-order valence-corrected chi connectivity index (χ0v) is 14.2. The van der Waals surface area contributed by atoms with Crippen LogP contribution in [-0.4, -0.2) is 26.0 Å². The molecule has 0 aliphatic rings. The van der Waals surface area contributed by atoms with Crippen molar-refractivity contribution in [3.63, 3.8) is 0 Å². The van der Waals surface area contributed by atoms with Crippen LogP contribution in [0.15, 0.2) is 53.4 Å². The highest BCUT2D eigenvalue weighted by Crippen LogP contribution is 2.17. The molecule has 0 spiro atoms. The fourth-order valence-electron chi connectivity index (χ4n) is 2.02. The van der Waals surface area contributed by atoms with E-state index in [0.717, 1.165) is 0 Å². The fraction of sp³-hybridized carbons (Fsp3) is 0.176. The zero-order chi connectivity index (χ0) is 17.7. The van der Waals surface area contributed by atoms with Gasteiger partial charge in [0.15, 0.2) is 9.84 Å². The number of rotatable bonds is 5. The minimum Gasteiger partial charge on any atom is -0.326 e. The molecule has 0 aromatic heterocycles. The highest BCUT2D eigenvalue weighted by atomic mass is 32.2. The third-order valence-electron chi connectivity index (χ3n) is 3.32. The number of hydrogen-bond donors (Lipinski definition) is 2. The fourth-order valence-corrected chi connectivity index (χ4v) is 2.91. The molecular weight excluding hydrogens is 328 g/mol. The van der Waals surface area contributed by atoms with E-state index < -0.39 is 9.84 Å². The lowest BCUT2D eigenvalue weighted by Gasteiger charge is -2.08. The second kappa shape index (κ2) is 7.27. The van der Waals surface area contributed by atoms with Gasteiger partial charge in [-0.25, -0.2) is 8.42 Å². The van der Waals surface area contributed by atoms with Crippen LogP contribution in [0.2, 0.25) is 0 Å². The Morgan fingerprint density at radius 1 is 0.875 bits per heavy atom. The molecule has 0 unspecified atom stereocenters. The summed E-state index contributed by atoms with van der Waals surface area (Å²) in [5.41, 5.74) is 1.53. The molecule has 2 amide bonds. The molecule has 2 N–H and O–H groups in total. The summed E-state index contributed by atoms with van der Waals surface area (Å²) in [6.07, 6.45) is 0. The second-order valence-electron chi connectivity index (χ2n) is 5.14. The van der Waals surface area contributed by atoms with Gasteiger partial charge in [-0.05, 0) is 48.5 Å². The van der Waals surface area contributed by atoms with Gasteiger partial charge in [0.1, 0.15) is 0 Å². The van der Waals surface area contributed by atoms with E-state index in [9.17, 15) is 18.0 Å². The maximum Gasteiger partial charge on any atom is 0.255 e. The molecule has 2 aromatic rings. The topological polar surface area (TPSA) is 92.3 Å². The maximum absolute atomic E-state index is 12.2. The Balaban J connectivity index is 2.08. The average Bonchev–Trinajstić information content (AvgIpc) is 2.55. The van der Waals surface area contributed by atoms with Crippen LogP contribution in [0.25, 0.3) is 0 Å². The monoisotopic (exact) mass is 346 g/mol. The largest absolute Gasteiger partial charge is 0.326 e. The normalized spacial score (nSPS) is 10.9. The molecule has 126 valence electrons. The standard InChI is InChI=1S/C17H18N2O4S/c1-3-24(22,23)16-10-8-15(9-11-16)19-17(21)13-4-6-14(7-5-13)18-12(2)20/h4-11H,3H2,1-2H3,(H,18,20)(H,19,21). The lowest BCUT2D eigenvalue weighted by atomic mass is 10.2. The van der Waals surface area contributed by atoms with Gasteiger partial charge in [-0.15, -0.1) is 0 Å².